The fourth-order valence-electron chi connectivity index (χ4n) is 0.565. The van der Waals surface area contributed by atoms with E-state index in [-0.39, 0.29) is 11.6 Å². The van der Waals surface area contributed by atoms with Crippen LogP contribution in [-0.2, 0) is 9.59 Å². The summed E-state index contributed by atoms with van der Waals surface area (Å²) >= 11 is 0. The molecule has 0 spiro atoms. The van der Waals surface area contributed by atoms with Crippen LogP contribution in [0.4, 0.5) is 0 Å². The minimum atomic E-state index is -0.119. The summed E-state index contributed by atoms with van der Waals surface area (Å²) in [5.41, 5.74) is 0. The number of allylic oxidation sites excluding steroid dienone is 5. The first-order valence-electron chi connectivity index (χ1n) is 3.67. The Morgan fingerprint density at radius 1 is 1.25 bits per heavy atom. The lowest BCUT2D eigenvalue weighted by Crippen LogP contribution is -1.82. The van der Waals surface area contributed by atoms with E-state index in [2.05, 4.69) is 6.58 Å². The predicted octanol–water partition coefficient (Wildman–Crippen LogP) is 1.83. The summed E-state index contributed by atoms with van der Waals surface area (Å²) in [4.78, 5) is 21.0. The molecule has 2 heteroatoms. The molecule has 0 aliphatic rings. The van der Waals surface area contributed by atoms with Crippen LogP contribution in [0.1, 0.15) is 13.3 Å². The third-order valence-electron chi connectivity index (χ3n) is 1.11. The third-order valence-corrected chi connectivity index (χ3v) is 1.11. The van der Waals surface area contributed by atoms with Crippen LogP contribution in [0, 0.1) is 0 Å². The molecule has 0 heterocycles. The topological polar surface area (TPSA) is 34.1 Å². The van der Waals surface area contributed by atoms with Gasteiger partial charge in [0.2, 0.25) is 0 Å². The first-order valence-corrected chi connectivity index (χ1v) is 3.67. The van der Waals surface area contributed by atoms with Gasteiger partial charge in [-0.25, -0.2) is 0 Å². The normalized spacial score (nSPS) is 10.8. The van der Waals surface area contributed by atoms with Crippen molar-refractivity contribution in [2.45, 2.75) is 13.3 Å². The average Bonchev–Trinajstić information content (AvgIpc) is 2.03. The number of carbonyl (C=O) groups excluding carboxylic acids is 2. The van der Waals surface area contributed by atoms with Crippen molar-refractivity contribution in [1.82, 2.24) is 0 Å². The van der Waals surface area contributed by atoms with Crippen molar-refractivity contribution in [3.63, 3.8) is 0 Å². The van der Waals surface area contributed by atoms with Crippen LogP contribution in [0.25, 0.3) is 0 Å². The molecule has 64 valence electrons. The molecular formula is C10H12O2. The SMILES string of the molecule is C=CC(=O)C=CCC=CC(C)=O. The van der Waals surface area contributed by atoms with Crippen molar-refractivity contribution in [3.8, 4) is 0 Å². The first-order chi connectivity index (χ1) is 5.66. The van der Waals surface area contributed by atoms with Gasteiger partial charge in [0.25, 0.3) is 0 Å². The van der Waals surface area contributed by atoms with Gasteiger partial charge < -0.3 is 0 Å². The summed E-state index contributed by atoms with van der Waals surface area (Å²) in [6, 6.07) is 0. The van der Waals surface area contributed by atoms with Crippen LogP contribution in [-0.4, -0.2) is 11.6 Å². The summed E-state index contributed by atoms with van der Waals surface area (Å²) < 4.78 is 0. The fraction of sp³-hybridized carbons (Fsp3) is 0.200. The molecule has 0 bridgehead atoms. The zero-order valence-electron chi connectivity index (χ0n) is 7.12. The molecule has 0 aromatic carbocycles. The summed E-state index contributed by atoms with van der Waals surface area (Å²) in [7, 11) is 0. The molecule has 0 aliphatic heterocycles. The van der Waals surface area contributed by atoms with Crippen molar-refractivity contribution in [1.29, 1.82) is 0 Å². The monoisotopic (exact) mass is 164 g/mol. The highest BCUT2D eigenvalue weighted by molar-refractivity contribution is 5.98. The van der Waals surface area contributed by atoms with Crippen molar-refractivity contribution >= 4 is 11.6 Å². The number of rotatable bonds is 5. The maximum Gasteiger partial charge on any atom is 0.177 e. The highest BCUT2D eigenvalue weighted by Crippen LogP contribution is 1.87. The Balaban J connectivity index is 3.69. The van der Waals surface area contributed by atoms with E-state index >= 15 is 0 Å². The Labute approximate surface area is 72.3 Å². The van der Waals surface area contributed by atoms with Crippen LogP contribution in [0.5, 0.6) is 0 Å². The molecule has 0 aliphatic carbocycles. The molecule has 0 aromatic rings. The van der Waals surface area contributed by atoms with E-state index in [4.69, 9.17) is 0 Å². The summed E-state index contributed by atoms with van der Waals surface area (Å²) in [5, 5.41) is 0. The zero-order chi connectivity index (χ0) is 9.40. The molecule has 0 atom stereocenters. The van der Waals surface area contributed by atoms with Crippen LogP contribution in [0.3, 0.4) is 0 Å². The Hall–Kier alpha value is -1.44. The van der Waals surface area contributed by atoms with Crippen molar-refractivity contribution < 1.29 is 9.59 Å². The summed E-state index contributed by atoms with van der Waals surface area (Å²) in [6.45, 7) is 4.80. The summed E-state index contributed by atoms with van der Waals surface area (Å²) in [6.07, 6.45) is 8.13. The summed E-state index contributed by atoms with van der Waals surface area (Å²) in [5.74, 6) is -0.107. The Kier molecular flexibility index (Phi) is 5.53. The lowest BCUT2D eigenvalue weighted by molar-refractivity contribution is -0.112. The van der Waals surface area contributed by atoms with Gasteiger partial charge in [0.15, 0.2) is 11.6 Å². The fourth-order valence-corrected chi connectivity index (χ4v) is 0.565. The largest absolute Gasteiger partial charge is 0.295 e. The Morgan fingerprint density at radius 3 is 2.33 bits per heavy atom. The maximum absolute atomic E-state index is 10.6. The minimum Gasteiger partial charge on any atom is -0.295 e. The van der Waals surface area contributed by atoms with Gasteiger partial charge in [0.1, 0.15) is 0 Å². The van der Waals surface area contributed by atoms with E-state index in [1.54, 1.807) is 12.2 Å². The number of hydrogen-bond acceptors (Lipinski definition) is 2. The van der Waals surface area contributed by atoms with Gasteiger partial charge in [-0.3, -0.25) is 9.59 Å². The minimum absolute atomic E-state index is 0.0125. The molecule has 0 aromatic heterocycles. The standard InChI is InChI=1S/C10H12O2/c1-3-10(12)8-6-4-5-7-9(2)11/h3,5-8H,1,4H2,2H3. The smallest absolute Gasteiger partial charge is 0.177 e. The van der Waals surface area contributed by atoms with Crippen LogP contribution >= 0.6 is 0 Å². The molecular weight excluding hydrogens is 152 g/mol. The average molecular weight is 164 g/mol. The molecule has 0 saturated heterocycles. The molecule has 0 unspecified atom stereocenters. The second-order valence-electron chi connectivity index (χ2n) is 2.26. The molecule has 2 nitrogen and oxygen atoms in total. The first kappa shape index (κ1) is 10.6. The Bertz CT molecular complexity index is 234. The highest BCUT2D eigenvalue weighted by atomic mass is 16.1. The lowest BCUT2D eigenvalue weighted by Gasteiger charge is -1.81. The molecule has 0 amide bonds. The van der Waals surface area contributed by atoms with Crippen LogP contribution in [0.2, 0.25) is 0 Å². The predicted molar refractivity (Wildman–Crippen MR) is 48.8 cm³/mol. The van der Waals surface area contributed by atoms with Crippen molar-refractivity contribution in [2.24, 2.45) is 0 Å². The lowest BCUT2D eigenvalue weighted by atomic mass is 10.3. The quantitative estimate of drug-likeness (QED) is 0.581. The van der Waals surface area contributed by atoms with Gasteiger partial charge in [-0.15, -0.1) is 0 Å². The molecule has 0 fully saturated rings. The van der Waals surface area contributed by atoms with E-state index in [0.29, 0.717) is 6.42 Å². The van der Waals surface area contributed by atoms with Crippen molar-refractivity contribution in [3.05, 3.63) is 37.0 Å². The van der Waals surface area contributed by atoms with E-state index < -0.39 is 0 Å². The van der Waals surface area contributed by atoms with E-state index in [9.17, 15) is 9.59 Å². The third kappa shape index (κ3) is 6.68. The molecule has 0 saturated carbocycles. The molecule has 0 rings (SSSR count). The van der Waals surface area contributed by atoms with Crippen LogP contribution in [0.15, 0.2) is 37.0 Å². The number of ketones is 2. The zero-order valence-corrected chi connectivity index (χ0v) is 7.12. The maximum atomic E-state index is 10.6. The second kappa shape index (κ2) is 6.28. The highest BCUT2D eigenvalue weighted by Gasteiger charge is 1.83. The van der Waals surface area contributed by atoms with Crippen LogP contribution < -0.4 is 0 Å². The van der Waals surface area contributed by atoms with Crippen molar-refractivity contribution in [2.75, 3.05) is 0 Å². The van der Waals surface area contributed by atoms with E-state index in [1.807, 2.05) is 0 Å². The van der Waals surface area contributed by atoms with E-state index in [1.165, 1.54) is 25.2 Å². The van der Waals surface area contributed by atoms with Gasteiger partial charge >= 0.3 is 0 Å². The molecule has 0 N–H and O–H groups in total. The molecule has 0 radical (unpaired) electrons. The van der Waals surface area contributed by atoms with Gasteiger partial charge in [0.05, 0.1) is 0 Å². The number of carbonyl (C=O) groups is 2. The van der Waals surface area contributed by atoms with E-state index in [0.717, 1.165) is 0 Å². The number of hydrogen-bond donors (Lipinski definition) is 0. The molecule has 12 heavy (non-hydrogen) atoms. The second-order valence-corrected chi connectivity index (χ2v) is 2.26. The Morgan fingerprint density at radius 2 is 1.83 bits per heavy atom. The van der Waals surface area contributed by atoms with Gasteiger partial charge in [-0.2, -0.15) is 0 Å². The van der Waals surface area contributed by atoms with Gasteiger partial charge in [0, 0.05) is 0 Å². The van der Waals surface area contributed by atoms with Gasteiger partial charge in [-0.1, -0.05) is 18.7 Å². The van der Waals surface area contributed by atoms with Gasteiger partial charge in [-0.05, 0) is 31.6 Å².